The van der Waals surface area contributed by atoms with Crippen LogP contribution in [0.25, 0.3) is 0 Å². The quantitative estimate of drug-likeness (QED) is 0.689. The van der Waals surface area contributed by atoms with Crippen LogP contribution in [-0.2, 0) is 0 Å². The van der Waals surface area contributed by atoms with Crippen LogP contribution in [0.2, 0.25) is 0 Å². The Hall–Kier alpha value is -2.89. The van der Waals surface area contributed by atoms with Crippen molar-refractivity contribution in [3.05, 3.63) is 42.5 Å². The number of hydrogen-bond donors (Lipinski definition) is 1. The van der Waals surface area contributed by atoms with Crippen molar-refractivity contribution in [3.63, 3.8) is 0 Å². The molecule has 0 aliphatic carbocycles. The summed E-state index contributed by atoms with van der Waals surface area (Å²) in [4.78, 5) is 11.6. The predicted octanol–water partition coefficient (Wildman–Crippen LogP) is 2.99. The summed E-state index contributed by atoms with van der Waals surface area (Å²) in [5, 5.41) is 9.59. The summed E-state index contributed by atoms with van der Waals surface area (Å²) in [6.45, 7) is 0. The van der Waals surface area contributed by atoms with Crippen LogP contribution in [0.3, 0.4) is 0 Å². The zero-order valence-electron chi connectivity index (χ0n) is 11.5. The van der Waals surface area contributed by atoms with E-state index in [0.717, 1.165) is 0 Å². The molecule has 0 bridgehead atoms. The zero-order chi connectivity index (χ0) is 15.2. The van der Waals surface area contributed by atoms with Crippen LogP contribution >= 0.6 is 0 Å². The molecule has 0 spiro atoms. The van der Waals surface area contributed by atoms with Crippen molar-refractivity contribution in [3.8, 4) is 28.7 Å². The van der Waals surface area contributed by atoms with Crippen LogP contribution in [0.1, 0.15) is 0 Å². The summed E-state index contributed by atoms with van der Waals surface area (Å²) in [7, 11) is 2.93. The highest BCUT2D eigenvalue weighted by molar-refractivity contribution is 5.67. The van der Waals surface area contributed by atoms with E-state index in [1.54, 1.807) is 24.3 Å². The molecule has 2 aromatic carbocycles. The van der Waals surface area contributed by atoms with Crippen molar-refractivity contribution in [2.24, 2.45) is 0 Å². The average molecular weight is 290 g/mol. The number of rotatable bonds is 4. The Balaban J connectivity index is 2.02. The summed E-state index contributed by atoms with van der Waals surface area (Å²) in [5.41, 5.74) is 0. The van der Waals surface area contributed by atoms with Crippen molar-refractivity contribution in [2.75, 3.05) is 14.2 Å². The van der Waals surface area contributed by atoms with E-state index in [1.165, 1.54) is 32.4 Å². The van der Waals surface area contributed by atoms with Gasteiger partial charge in [-0.1, -0.05) is 6.07 Å². The number of carbonyl (C=O) groups is 1. The van der Waals surface area contributed by atoms with Gasteiger partial charge < -0.3 is 24.1 Å². The number of phenols is 1. The maximum absolute atomic E-state index is 11.6. The van der Waals surface area contributed by atoms with Crippen LogP contribution in [0.15, 0.2) is 42.5 Å². The number of phenolic OH excluding ortho intramolecular Hbond substituents is 1. The molecule has 2 aromatic rings. The molecule has 0 heterocycles. The number of ether oxygens (including phenoxy) is 4. The second-order valence-electron chi connectivity index (χ2n) is 3.97. The maximum Gasteiger partial charge on any atom is 0.519 e. The van der Waals surface area contributed by atoms with E-state index >= 15 is 0 Å². The number of aromatic hydroxyl groups is 1. The molecule has 2 rings (SSSR count). The molecular weight excluding hydrogens is 276 g/mol. The molecule has 21 heavy (non-hydrogen) atoms. The van der Waals surface area contributed by atoms with Gasteiger partial charge in [-0.3, -0.25) is 0 Å². The maximum atomic E-state index is 11.6. The van der Waals surface area contributed by atoms with Gasteiger partial charge in [-0.25, -0.2) is 4.79 Å². The van der Waals surface area contributed by atoms with Gasteiger partial charge in [-0.15, -0.1) is 0 Å². The molecule has 0 saturated heterocycles. The van der Waals surface area contributed by atoms with Gasteiger partial charge in [0, 0.05) is 12.1 Å². The van der Waals surface area contributed by atoms with Crippen molar-refractivity contribution >= 4 is 6.16 Å². The molecule has 6 heteroatoms. The Morgan fingerprint density at radius 3 is 2.19 bits per heavy atom. The third-order valence-corrected chi connectivity index (χ3v) is 2.59. The van der Waals surface area contributed by atoms with Crippen LogP contribution in [0.4, 0.5) is 4.79 Å². The fraction of sp³-hybridized carbons (Fsp3) is 0.133. The van der Waals surface area contributed by atoms with E-state index in [-0.39, 0.29) is 23.0 Å². The third-order valence-electron chi connectivity index (χ3n) is 2.59. The summed E-state index contributed by atoms with van der Waals surface area (Å²) >= 11 is 0. The monoisotopic (exact) mass is 290 g/mol. The molecule has 1 N–H and O–H groups in total. The molecule has 0 atom stereocenters. The Labute approximate surface area is 121 Å². The smallest absolute Gasteiger partial charge is 0.504 e. The molecule has 0 saturated carbocycles. The fourth-order valence-electron chi connectivity index (χ4n) is 1.61. The van der Waals surface area contributed by atoms with E-state index in [9.17, 15) is 9.90 Å². The Kier molecular flexibility index (Phi) is 4.50. The standard InChI is InChI=1S/C15H14O6/c1-18-10-4-3-5-11(8-10)20-15(17)21-12-6-7-14(19-2)13(16)9-12/h3-9,16H,1-2H3. The van der Waals surface area contributed by atoms with Gasteiger partial charge in [0.2, 0.25) is 0 Å². The minimum absolute atomic E-state index is 0.135. The molecule has 0 amide bonds. The van der Waals surface area contributed by atoms with Crippen molar-refractivity contribution in [1.29, 1.82) is 0 Å². The molecule has 0 fully saturated rings. The lowest BCUT2D eigenvalue weighted by atomic mass is 10.3. The molecule has 6 nitrogen and oxygen atoms in total. The van der Waals surface area contributed by atoms with Crippen molar-refractivity contribution < 1.29 is 28.8 Å². The number of carbonyl (C=O) groups excluding carboxylic acids is 1. The molecule has 0 aliphatic rings. The highest BCUT2D eigenvalue weighted by atomic mass is 16.7. The largest absolute Gasteiger partial charge is 0.519 e. The van der Waals surface area contributed by atoms with E-state index in [0.29, 0.717) is 5.75 Å². The minimum atomic E-state index is -0.923. The number of methoxy groups -OCH3 is 2. The highest BCUT2D eigenvalue weighted by Gasteiger charge is 2.10. The van der Waals surface area contributed by atoms with Gasteiger partial charge in [0.15, 0.2) is 11.5 Å². The van der Waals surface area contributed by atoms with Crippen LogP contribution < -0.4 is 18.9 Å². The minimum Gasteiger partial charge on any atom is -0.504 e. The number of benzene rings is 2. The van der Waals surface area contributed by atoms with Gasteiger partial charge in [0.1, 0.15) is 17.2 Å². The van der Waals surface area contributed by atoms with Gasteiger partial charge in [0.25, 0.3) is 0 Å². The van der Waals surface area contributed by atoms with E-state index < -0.39 is 6.16 Å². The topological polar surface area (TPSA) is 74.2 Å². The fourth-order valence-corrected chi connectivity index (χ4v) is 1.61. The lowest BCUT2D eigenvalue weighted by Crippen LogP contribution is -2.13. The highest BCUT2D eigenvalue weighted by Crippen LogP contribution is 2.30. The first-order chi connectivity index (χ1) is 10.1. The first-order valence-corrected chi connectivity index (χ1v) is 6.03. The zero-order valence-corrected chi connectivity index (χ0v) is 11.5. The molecular formula is C15H14O6. The first-order valence-electron chi connectivity index (χ1n) is 6.03. The van der Waals surface area contributed by atoms with Crippen LogP contribution in [-0.4, -0.2) is 25.5 Å². The number of hydrogen-bond acceptors (Lipinski definition) is 6. The lowest BCUT2D eigenvalue weighted by Gasteiger charge is -2.08. The summed E-state index contributed by atoms with van der Waals surface area (Å²) < 4.78 is 19.9. The van der Waals surface area contributed by atoms with Gasteiger partial charge in [-0.2, -0.15) is 0 Å². The van der Waals surface area contributed by atoms with Crippen molar-refractivity contribution in [1.82, 2.24) is 0 Å². The Bertz CT molecular complexity index is 638. The molecule has 0 aromatic heterocycles. The average Bonchev–Trinajstić information content (AvgIpc) is 2.47. The van der Waals surface area contributed by atoms with Crippen LogP contribution in [0.5, 0.6) is 28.7 Å². The second kappa shape index (κ2) is 6.51. The van der Waals surface area contributed by atoms with Gasteiger partial charge in [-0.05, 0) is 24.3 Å². The Morgan fingerprint density at radius 1 is 0.905 bits per heavy atom. The van der Waals surface area contributed by atoms with Gasteiger partial charge in [0.05, 0.1) is 14.2 Å². The summed E-state index contributed by atoms with van der Waals surface area (Å²) in [6, 6.07) is 10.8. The SMILES string of the molecule is COc1cccc(OC(=O)Oc2ccc(OC)c(O)c2)c1. The summed E-state index contributed by atoms with van der Waals surface area (Å²) in [5.74, 6) is 1.13. The third kappa shape index (κ3) is 3.79. The lowest BCUT2D eigenvalue weighted by molar-refractivity contribution is 0.151. The molecule has 0 radical (unpaired) electrons. The normalized spacial score (nSPS) is 9.81. The summed E-state index contributed by atoms with van der Waals surface area (Å²) in [6.07, 6.45) is -0.923. The molecule has 0 unspecified atom stereocenters. The Morgan fingerprint density at radius 2 is 1.57 bits per heavy atom. The van der Waals surface area contributed by atoms with E-state index in [1.807, 2.05) is 0 Å². The first kappa shape index (κ1) is 14.5. The van der Waals surface area contributed by atoms with Gasteiger partial charge >= 0.3 is 6.16 Å². The van der Waals surface area contributed by atoms with Crippen LogP contribution in [0, 0.1) is 0 Å². The van der Waals surface area contributed by atoms with Crippen molar-refractivity contribution in [2.45, 2.75) is 0 Å². The van der Waals surface area contributed by atoms with E-state index in [4.69, 9.17) is 18.9 Å². The molecule has 110 valence electrons. The second-order valence-corrected chi connectivity index (χ2v) is 3.97. The van der Waals surface area contributed by atoms with E-state index in [2.05, 4.69) is 0 Å². The molecule has 0 aliphatic heterocycles. The predicted molar refractivity (Wildman–Crippen MR) is 74.3 cm³/mol.